The van der Waals surface area contributed by atoms with Crippen molar-refractivity contribution in [2.24, 2.45) is 5.92 Å². The molecule has 0 heterocycles. The van der Waals surface area contributed by atoms with Crippen molar-refractivity contribution >= 4 is 23.7 Å². The number of esters is 1. The van der Waals surface area contributed by atoms with Gasteiger partial charge in [0.15, 0.2) is 0 Å². The molecule has 0 spiro atoms. The summed E-state index contributed by atoms with van der Waals surface area (Å²) in [6.45, 7) is 1.97. The fourth-order valence-corrected chi connectivity index (χ4v) is 2.64. The molecule has 1 amide bonds. The van der Waals surface area contributed by atoms with Crippen LogP contribution in [0.3, 0.4) is 0 Å². The molecule has 1 aromatic carbocycles. The summed E-state index contributed by atoms with van der Waals surface area (Å²) in [4.78, 5) is 23.5. The summed E-state index contributed by atoms with van der Waals surface area (Å²) in [5.41, 5.74) is -0.119. The minimum absolute atomic E-state index is 0.0565. The molecule has 1 saturated carbocycles. The van der Waals surface area contributed by atoms with E-state index in [-0.39, 0.29) is 37.4 Å². The predicted molar refractivity (Wildman–Crippen MR) is 81.0 cm³/mol. The summed E-state index contributed by atoms with van der Waals surface area (Å²) in [5, 5.41) is 0. The second kappa shape index (κ2) is 7.42. The highest BCUT2D eigenvalue weighted by atomic mass is 35.5. The molecule has 0 aromatic heterocycles. The molecule has 0 aliphatic heterocycles. The number of rotatable bonds is 6. The minimum Gasteiger partial charge on any atom is -0.466 e. The number of carbonyl (C=O) groups is 2. The second-order valence-electron chi connectivity index (χ2n) is 5.56. The van der Waals surface area contributed by atoms with Crippen LogP contribution in [0.4, 0.5) is 13.2 Å². The van der Waals surface area contributed by atoms with Crippen LogP contribution in [-0.4, -0.2) is 28.9 Å². The van der Waals surface area contributed by atoms with E-state index in [1.807, 2.05) is 0 Å². The molecule has 1 aliphatic rings. The fourth-order valence-electron chi connectivity index (χ4n) is 2.34. The normalized spacial score (nSPS) is 19.7. The van der Waals surface area contributed by atoms with Crippen LogP contribution in [0, 0.1) is 5.92 Å². The number of ether oxygens (including phenoxy) is 1. The Hall–Kier alpha value is -1.76. The summed E-state index contributed by atoms with van der Waals surface area (Å²) >= 11 is 5.95. The van der Waals surface area contributed by atoms with Gasteiger partial charge in [-0.3, -0.25) is 14.0 Å². The van der Waals surface area contributed by atoms with Gasteiger partial charge in [0.05, 0.1) is 24.1 Å². The second-order valence-corrected chi connectivity index (χ2v) is 5.93. The standard InChI is InChI=1S/C16H17ClF3NO3/c1-2-24-15(23)12-9-13(12)21(17)14(22)8-5-10-3-6-11(7-4-10)16(18,19)20/h3-4,6-7,12-13H,2,5,8-9H2,1H3. The van der Waals surface area contributed by atoms with Gasteiger partial charge in [0.2, 0.25) is 5.91 Å². The first kappa shape index (κ1) is 18.6. The fraction of sp³-hybridized carbons (Fsp3) is 0.500. The Morgan fingerprint density at radius 2 is 1.92 bits per heavy atom. The van der Waals surface area contributed by atoms with Crippen LogP contribution in [0.15, 0.2) is 24.3 Å². The molecule has 0 radical (unpaired) electrons. The van der Waals surface area contributed by atoms with E-state index in [9.17, 15) is 22.8 Å². The zero-order valence-corrected chi connectivity index (χ0v) is 13.7. The SMILES string of the molecule is CCOC(=O)C1CC1N(Cl)C(=O)CCc1ccc(C(F)(F)F)cc1. The number of nitrogens with zero attached hydrogens (tertiary/aromatic N) is 1. The summed E-state index contributed by atoms with van der Waals surface area (Å²) in [7, 11) is 0. The van der Waals surface area contributed by atoms with E-state index in [1.54, 1.807) is 6.92 Å². The monoisotopic (exact) mass is 363 g/mol. The highest BCUT2D eigenvalue weighted by Gasteiger charge is 2.49. The van der Waals surface area contributed by atoms with Crippen LogP contribution >= 0.6 is 11.8 Å². The predicted octanol–water partition coefficient (Wildman–Crippen LogP) is 3.57. The molecule has 2 rings (SSSR count). The average Bonchev–Trinajstić information content (AvgIpc) is 3.32. The number of aryl methyl sites for hydroxylation is 1. The molecule has 0 bridgehead atoms. The molecule has 1 aromatic rings. The third-order valence-corrected chi connectivity index (χ3v) is 4.22. The maximum absolute atomic E-state index is 12.5. The number of carbonyl (C=O) groups excluding carboxylic acids is 2. The van der Waals surface area contributed by atoms with E-state index in [0.29, 0.717) is 12.0 Å². The lowest BCUT2D eigenvalue weighted by Gasteiger charge is -2.14. The Morgan fingerprint density at radius 3 is 2.46 bits per heavy atom. The lowest BCUT2D eigenvalue weighted by Crippen LogP contribution is -2.27. The van der Waals surface area contributed by atoms with Crippen molar-refractivity contribution in [3.8, 4) is 0 Å². The lowest BCUT2D eigenvalue weighted by atomic mass is 10.1. The van der Waals surface area contributed by atoms with Crippen LogP contribution < -0.4 is 0 Å². The van der Waals surface area contributed by atoms with Gasteiger partial charge in [-0.1, -0.05) is 12.1 Å². The molecule has 0 N–H and O–H groups in total. The quantitative estimate of drug-likeness (QED) is 0.573. The van der Waals surface area contributed by atoms with Crippen LogP contribution in [0.25, 0.3) is 0 Å². The van der Waals surface area contributed by atoms with E-state index < -0.39 is 17.7 Å². The Labute approximate surface area is 142 Å². The van der Waals surface area contributed by atoms with Crippen molar-refractivity contribution in [1.29, 1.82) is 0 Å². The summed E-state index contributed by atoms with van der Waals surface area (Å²) in [6, 6.07) is 4.28. The summed E-state index contributed by atoms with van der Waals surface area (Å²) in [6.07, 6.45) is -3.58. The minimum atomic E-state index is -4.38. The average molecular weight is 364 g/mol. The number of amides is 1. The number of halogens is 4. The molecular weight excluding hydrogens is 347 g/mol. The van der Waals surface area contributed by atoms with Gasteiger partial charge in [0.25, 0.3) is 0 Å². The Morgan fingerprint density at radius 1 is 1.29 bits per heavy atom. The van der Waals surface area contributed by atoms with Crippen molar-refractivity contribution < 1.29 is 27.5 Å². The van der Waals surface area contributed by atoms with Gasteiger partial charge in [-0.15, -0.1) is 0 Å². The highest BCUT2D eigenvalue weighted by molar-refractivity contribution is 6.22. The third-order valence-electron chi connectivity index (χ3n) is 3.78. The molecule has 1 fully saturated rings. The van der Waals surface area contributed by atoms with Crippen LogP contribution in [0.1, 0.15) is 30.9 Å². The van der Waals surface area contributed by atoms with Crippen LogP contribution in [0.2, 0.25) is 0 Å². The topological polar surface area (TPSA) is 46.6 Å². The Bertz CT molecular complexity index is 604. The molecule has 0 saturated heterocycles. The molecule has 24 heavy (non-hydrogen) atoms. The molecule has 2 atom stereocenters. The van der Waals surface area contributed by atoms with Crippen molar-refractivity contribution in [3.63, 3.8) is 0 Å². The third kappa shape index (κ3) is 4.63. The lowest BCUT2D eigenvalue weighted by molar-refractivity contribution is -0.145. The van der Waals surface area contributed by atoms with Crippen molar-refractivity contribution in [2.45, 2.75) is 38.4 Å². The van der Waals surface area contributed by atoms with E-state index >= 15 is 0 Å². The molecule has 1 aliphatic carbocycles. The van der Waals surface area contributed by atoms with Crippen LogP contribution in [-0.2, 0) is 26.9 Å². The first-order valence-corrected chi connectivity index (χ1v) is 7.88. The Kier molecular flexibility index (Phi) is 5.74. The molecule has 8 heteroatoms. The molecule has 132 valence electrons. The van der Waals surface area contributed by atoms with Gasteiger partial charge in [-0.25, -0.2) is 0 Å². The van der Waals surface area contributed by atoms with Crippen molar-refractivity contribution in [1.82, 2.24) is 4.42 Å². The van der Waals surface area contributed by atoms with Gasteiger partial charge >= 0.3 is 12.1 Å². The first-order chi connectivity index (χ1) is 11.2. The Balaban J connectivity index is 1.82. The van der Waals surface area contributed by atoms with E-state index in [4.69, 9.17) is 16.5 Å². The zero-order chi connectivity index (χ0) is 17.9. The highest BCUT2D eigenvalue weighted by Crippen LogP contribution is 2.38. The largest absolute Gasteiger partial charge is 0.466 e. The summed E-state index contributed by atoms with van der Waals surface area (Å²) < 4.78 is 43.3. The van der Waals surface area contributed by atoms with Crippen molar-refractivity contribution in [3.05, 3.63) is 35.4 Å². The number of benzene rings is 1. The maximum Gasteiger partial charge on any atom is 0.416 e. The summed E-state index contributed by atoms with van der Waals surface area (Å²) in [5.74, 6) is -1.13. The molecule has 2 unspecified atom stereocenters. The van der Waals surface area contributed by atoms with Gasteiger partial charge in [0, 0.05) is 18.2 Å². The molecule has 4 nitrogen and oxygen atoms in total. The van der Waals surface area contributed by atoms with Gasteiger partial charge < -0.3 is 4.74 Å². The van der Waals surface area contributed by atoms with E-state index in [0.717, 1.165) is 16.6 Å². The van der Waals surface area contributed by atoms with Gasteiger partial charge in [-0.2, -0.15) is 13.2 Å². The molecular formula is C16H17ClF3NO3. The van der Waals surface area contributed by atoms with E-state index in [1.165, 1.54) is 12.1 Å². The first-order valence-electron chi connectivity index (χ1n) is 7.54. The zero-order valence-electron chi connectivity index (χ0n) is 13.0. The van der Waals surface area contributed by atoms with E-state index in [2.05, 4.69) is 0 Å². The van der Waals surface area contributed by atoms with Gasteiger partial charge in [0.1, 0.15) is 0 Å². The van der Waals surface area contributed by atoms with Crippen molar-refractivity contribution in [2.75, 3.05) is 6.61 Å². The maximum atomic E-state index is 12.5. The number of hydrogen-bond acceptors (Lipinski definition) is 3. The number of hydrogen-bond donors (Lipinski definition) is 0. The van der Waals surface area contributed by atoms with Gasteiger partial charge in [-0.05, 0) is 37.5 Å². The smallest absolute Gasteiger partial charge is 0.416 e. The number of alkyl halides is 3. The van der Waals surface area contributed by atoms with Crippen LogP contribution in [0.5, 0.6) is 0 Å².